The van der Waals surface area contributed by atoms with E-state index in [-0.39, 0.29) is 10.8 Å². The zero-order chi connectivity index (χ0) is 22.4. The van der Waals surface area contributed by atoms with E-state index in [9.17, 15) is 22.8 Å². The van der Waals surface area contributed by atoms with Gasteiger partial charge < -0.3 is 0 Å². The van der Waals surface area contributed by atoms with Crippen LogP contribution in [-0.2, 0) is 6.18 Å². The van der Waals surface area contributed by atoms with E-state index < -0.39 is 11.1 Å². The summed E-state index contributed by atoms with van der Waals surface area (Å²) in [6.45, 7) is 0. The van der Waals surface area contributed by atoms with Gasteiger partial charge in [-0.3, -0.25) is 9.59 Å². The molecule has 2 saturated carbocycles. The van der Waals surface area contributed by atoms with Crippen LogP contribution in [0.5, 0.6) is 0 Å². The van der Waals surface area contributed by atoms with Crippen molar-refractivity contribution in [3.63, 3.8) is 0 Å². The smallest absolute Gasteiger partial charge is 0.297 e. The summed E-state index contributed by atoms with van der Waals surface area (Å²) >= 11 is 4.56. The van der Waals surface area contributed by atoms with Gasteiger partial charge in [-0.2, -0.15) is 13.2 Å². The number of aldehydes is 2. The third kappa shape index (κ3) is 6.63. The molecule has 170 valence electrons. The minimum absolute atomic E-state index is 0.0228. The molecule has 0 aromatic carbocycles. The number of hydrogen-bond donors (Lipinski definition) is 0. The minimum atomic E-state index is -4.33. The van der Waals surface area contributed by atoms with Crippen molar-refractivity contribution in [1.82, 2.24) is 0 Å². The van der Waals surface area contributed by atoms with Gasteiger partial charge in [0, 0.05) is 0 Å². The number of rotatable bonds is 4. The van der Waals surface area contributed by atoms with Gasteiger partial charge in [0.15, 0.2) is 12.6 Å². The van der Waals surface area contributed by atoms with Crippen LogP contribution in [0.4, 0.5) is 13.2 Å². The molecule has 2 fully saturated rings. The topological polar surface area (TPSA) is 34.1 Å². The summed E-state index contributed by atoms with van der Waals surface area (Å²) in [6, 6.07) is 3.52. The lowest BCUT2D eigenvalue weighted by Crippen LogP contribution is -2.11. The van der Waals surface area contributed by atoms with E-state index in [2.05, 4.69) is 28.7 Å². The number of carbonyl (C=O) groups excluding carboxylic acids is 2. The molecule has 4 rings (SSSR count). The zero-order valence-corrected chi connectivity index (χ0v) is 21.0. The van der Waals surface area contributed by atoms with Crippen LogP contribution in [0.2, 0.25) is 0 Å². The number of thiophene rings is 2. The molecule has 2 heterocycles. The standard InChI is InChI=1S/C12H13F3OS.C11H13IOS/c13-12(14,15)11-10(6-9(7-16)17-11)8-4-2-1-3-5-8;12-11-10(6-9(7-13)14-11)8-4-2-1-3-5-8/h6-8H,1-5H2;6-8H,1-5H2. The van der Waals surface area contributed by atoms with Gasteiger partial charge in [0.05, 0.1) is 12.6 Å². The molecule has 0 unspecified atom stereocenters. The Morgan fingerprint density at radius 3 is 1.68 bits per heavy atom. The molecule has 0 spiro atoms. The molecule has 31 heavy (non-hydrogen) atoms. The monoisotopic (exact) mass is 582 g/mol. The van der Waals surface area contributed by atoms with Crippen molar-refractivity contribution >= 4 is 57.8 Å². The molecule has 0 radical (unpaired) electrons. The van der Waals surface area contributed by atoms with Gasteiger partial charge in [-0.25, -0.2) is 0 Å². The molecule has 2 aromatic heterocycles. The van der Waals surface area contributed by atoms with Crippen LogP contribution in [0.25, 0.3) is 0 Å². The second kappa shape index (κ2) is 11.4. The first kappa shape index (κ1) is 24.9. The predicted molar refractivity (Wildman–Crippen MR) is 129 cm³/mol. The highest BCUT2D eigenvalue weighted by Gasteiger charge is 2.38. The summed E-state index contributed by atoms with van der Waals surface area (Å²) in [5.74, 6) is 0.700. The van der Waals surface area contributed by atoms with Gasteiger partial charge in [-0.05, 0) is 83.4 Å². The fourth-order valence-electron chi connectivity index (χ4n) is 4.57. The van der Waals surface area contributed by atoms with Crippen LogP contribution < -0.4 is 0 Å². The summed E-state index contributed by atoms with van der Waals surface area (Å²) in [6.07, 6.45) is 8.53. The molecule has 2 aliphatic carbocycles. The van der Waals surface area contributed by atoms with E-state index in [0.717, 1.165) is 49.2 Å². The van der Waals surface area contributed by atoms with Crippen molar-refractivity contribution in [1.29, 1.82) is 0 Å². The second-order valence-corrected chi connectivity index (χ2v) is 12.2. The molecular weight excluding hydrogens is 556 g/mol. The number of halogens is 4. The lowest BCUT2D eigenvalue weighted by molar-refractivity contribution is -0.135. The van der Waals surface area contributed by atoms with E-state index in [1.807, 2.05) is 0 Å². The Hall–Kier alpha value is -0.740. The molecule has 0 N–H and O–H groups in total. The summed E-state index contributed by atoms with van der Waals surface area (Å²) in [5, 5.41) is 0. The number of alkyl halides is 3. The van der Waals surface area contributed by atoms with E-state index >= 15 is 0 Å². The number of hydrogen-bond acceptors (Lipinski definition) is 4. The van der Waals surface area contributed by atoms with E-state index in [1.165, 1.54) is 46.6 Å². The Balaban J connectivity index is 0.000000179. The van der Waals surface area contributed by atoms with Gasteiger partial charge in [-0.1, -0.05) is 38.5 Å². The van der Waals surface area contributed by atoms with Gasteiger partial charge in [-0.15, -0.1) is 22.7 Å². The summed E-state index contributed by atoms with van der Waals surface area (Å²) < 4.78 is 39.9. The fraction of sp³-hybridized carbons (Fsp3) is 0.565. The molecule has 0 amide bonds. The van der Waals surface area contributed by atoms with Crippen LogP contribution in [0.3, 0.4) is 0 Å². The molecule has 2 aliphatic rings. The first-order valence-electron chi connectivity index (χ1n) is 10.7. The molecule has 8 heteroatoms. The lowest BCUT2D eigenvalue weighted by Gasteiger charge is -2.22. The predicted octanol–water partition coefficient (Wildman–Crippen LogP) is 8.84. The highest BCUT2D eigenvalue weighted by molar-refractivity contribution is 14.1. The first-order valence-corrected chi connectivity index (χ1v) is 13.4. The van der Waals surface area contributed by atoms with Crippen molar-refractivity contribution in [2.75, 3.05) is 0 Å². The Morgan fingerprint density at radius 1 is 0.774 bits per heavy atom. The maximum absolute atomic E-state index is 12.8. The Labute approximate surface area is 202 Å². The second-order valence-electron chi connectivity index (χ2n) is 8.21. The molecule has 2 aromatic rings. The quantitative estimate of drug-likeness (QED) is 0.267. The third-order valence-electron chi connectivity index (χ3n) is 6.09. The van der Waals surface area contributed by atoms with Crippen molar-refractivity contribution in [2.24, 2.45) is 0 Å². The Morgan fingerprint density at radius 2 is 1.23 bits per heavy atom. The van der Waals surface area contributed by atoms with Crippen molar-refractivity contribution < 1.29 is 22.8 Å². The highest BCUT2D eigenvalue weighted by Crippen LogP contribution is 2.44. The summed E-state index contributed by atoms with van der Waals surface area (Å²) in [5.41, 5.74) is 1.77. The van der Waals surface area contributed by atoms with E-state index in [0.29, 0.717) is 23.2 Å². The molecule has 2 nitrogen and oxygen atoms in total. The Kier molecular flexibility index (Phi) is 9.16. The van der Waals surface area contributed by atoms with Gasteiger partial charge in [0.2, 0.25) is 0 Å². The van der Waals surface area contributed by atoms with Gasteiger partial charge in [0.1, 0.15) is 4.88 Å². The molecule has 0 saturated heterocycles. The lowest BCUT2D eigenvalue weighted by atomic mass is 9.84. The van der Waals surface area contributed by atoms with Crippen molar-refractivity contribution in [2.45, 2.75) is 82.2 Å². The molecule has 0 bridgehead atoms. The highest BCUT2D eigenvalue weighted by atomic mass is 127. The van der Waals surface area contributed by atoms with E-state index in [4.69, 9.17) is 0 Å². The molecule has 0 aliphatic heterocycles. The van der Waals surface area contributed by atoms with E-state index in [1.54, 1.807) is 11.3 Å². The van der Waals surface area contributed by atoms with Gasteiger partial charge in [0.25, 0.3) is 0 Å². The average molecular weight is 582 g/mol. The van der Waals surface area contributed by atoms with Crippen LogP contribution in [0.1, 0.15) is 111 Å². The maximum atomic E-state index is 12.8. The van der Waals surface area contributed by atoms with Crippen LogP contribution in [0, 0.1) is 2.88 Å². The van der Waals surface area contributed by atoms with Crippen molar-refractivity contribution in [3.05, 3.63) is 40.8 Å². The van der Waals surface area contributed by atoms with Gasteiger partial charge >= 0.3 is 6.18 Å². The maximum Gasteiger partial charge on any atom is 0.425 e. The van der Waals surface area contributed by atoms with Crippen LogP contribution >= 0.6 is 45.3 Å². The normalized spacial score (nSPS) is 18.3. The number of carbonyl (C=O) groups is 2. The minimum Gasteiger partial charge on any atom is -0.297 e. The average Bonchev–Trinajstić information content (AvgIpc) is 3.39. The van der Waals surface area contributed by atoms with Crippen molar-refractivity contribution in [3.8, 4) is 0 Å². The first-order chi connectivity index (χ1) is 14.8. The largest absolute Gasteiger partial charge is 0.425 e. The molecular formula is C23H26F3IO2S2. The SMILES string of the molecule is O=Cc1cc(C2CCCCC2)c(C(F)(F)F)s1.O=Cc1cc(C2CCCCC2)c(I)s1. The third-order valence-corrected chi connectivity index (χ3v) is 9.36. The van der Waals surface area contributed by atoms with Crippen LogP contribution in [-0.4, -0.2) is 12.6 Å². The Bertz CT molecular complexity index is 876. The van der Waals surface area contributed by atoms with Crippen LogP contribution in [0.15, 0.2) is 12.1 Å². The molecule has 0 atom stereocenters. The zero-order valence-electron chi connectivity index (χ0n) is 17.2. The summed E-state index contributed by atoms with van der Waals surface area (Å²) in [4.78, 5) is 21.8. The fourth-order valence-corrected chi connectivity index (χ4v) is 7.65. The summed E-state index contributed by atoms with van der Waals surface area (Å²) in [7, 11) is 0.